The van der Waals surface area contributed by atoms with Gasteiger partial charge >= 0.3 is 33.5 Å². The van der Waals surface area contributed by atoms with E-state index in [4.69, 9.17) is 18.8 Å². The van der Waals surface area contributed by atoms with Crippen LogP contribution in [0.4, 0.5) is 22.0 Å². The van der Waals surface area contributed by atoms with Gasteiger partial charge in [0.15, 0.2) is 18.0 Å². The van der Waals surface area contributed by atoms with Crippen molar-refractivity contribution >= 4 is 33.9 Å². The lowest BCUT2D eigenvalue weighted by molar-refractivity contribution is -0.344. The van der Waals surface area contributed by atoms with Gasteiger partial charge in [0.05, 0.1) is 29.9 Å². The van der Waals surface area contributed by atoms with Gasteiger partial charge in [-0.25, -0.2) is 0 Å². The molecule has 8 aliphatic rings. The number of fused-ring (bicyclic) bond motifs is 1. The van der Waals surface area contributed by atoms with Gasteiger partial charge in [0.25, 0.3) is 0 Å². The third-order valence-corrected chi connectivity index (χ3v) is 12.7. The van der Waals surface area contributed by atoms with E-state index in [0.717, 1.165) is 18.7 Å². The van der Waals surface area contributed by atoms with E-state index in [-0.39, 0.29) is 25.2 Å². The molecule has 2 heterocycles. The minimum absolute atomic E-state index is 0.0148. The van der Waals surface area contributed by atoms with Crippen molar-refractivity contribution in [2.75, 3.05) is 13.2 Å². The normalized spacial score (nSPS) is 45.6. The lowest BCUT2D eigenvalue weighted by atomic mass is 9.47. The Kier molecular flexibility index (Phi) is 6.70. The first-order chi connectivity index (χ1) is 21.1. The molecule has 8 rings (SSSR count). The Morgan fingerprint density at radius 1 is 1.04 bits per heavy atom. The van der Waals surface area contributed by atoms with Crippen LogP contribution in [0.3, 0.4) is 0 Å². The van der Waals surface area contributed by atoms with E-state index in [1.165, 1.54) is 0 Å². The zero-order valence-electron chi connectivity index (χ0n) is 24.6. The highest BCUT2D eigenvalue weighted by molar-refractivity contribution is 7.86. The number of hydrogen-bond acceptors (Lipinski definition) is 10. The van der Waals surface area contributed by atoms with Crippen molar-refractivity contribution in [1.29, 1.82) is 0 Å². The number of esters is 2. The van der Waals surface area contributed by atoms with E-state index in [9.17, 15) is 49.5 Å². The van der Waals surface area contributed by atoms with Gasteiger partial charge in [-0.2, -0.15) is 30.4 Å². The molecule has 256 valence electrons. The van der Waals surface area contributed by atoms with Gasteiger partial charge < -0.3 is 18.9 Å². The number of amides is 2. The molecule has 0 radical (unpaired) electrons. The summed E-state index contributed by atoms with van der Waals surface area (Å²) in [7, 11) is -5.92. The van der Waals surface area contributed by atoms with Crippen molar-refractivity contribution in [3.8, 4) is 0 Å². The molecule has 9 unspecified atom stereocenters. The van der Waals surface area contributed by atoms with Crippen LogP contribution in [0.15, 0.2) is 0 Å². The first-order valence-electron chi connectivity index (χ1n) is 15.1. The smallest absolute Gasteiger partial charge is 0.419 e. The second kappa shape index (κ2) is 9.59. The summed E-state index contributed by atoms with van der Waals surface area (Å²) in [6, 6.07) is -0.929. The van der Waals surface area contributed by atoms with Crippen LogP contribution >= 0.6 is 0 Å². The fraction of sp³-hybridized carbons (Fsp3) is 0.857. The lowest BCUT2D eigenvalue weighted by Gasteiger charge is -2.62. The highest BCUT2D eigenvalue weighted by Crippen LogP contribution is 2.68. The Hall–Kier alpha value is -2.44. The first-order valence-corrected chi connectivity index (χ1v) is 16.6. The molecule has 9 atom stereocenters. The molecule has 8 fully saturated rings. The SMILES string of the molecule is CC(=O)N1C(=O)C2C3CC(C(OC(=O)C45CC6CC(C4)C4(OCC(C)(C(F)(F)F)O4)C(C6)C5)C31)C2C(=O)OCC(F)(F)S(=O)(=O)O. The van der Waals surface area contributed by atoms with Crippen LogP contribution in [0, 0.1) is 46.8 Å². The zero-order chi connectivity index (χ0) is 33.6. The topological polar surface area (TPSA) is 163 Å². The van der Waals surface area contributed by atoms with Crippen molar-refractivity contribution in [2.24, 2.45) is 46.8 Å². The van der Waals surface area contributed by atoms with E-state index in [1.54, 1.807) is 0 Å². The number of carbonyl (C=O) groups is 4. The van der Waals surface area contributed by atoms with Crippen LogP contribution in [0.1, 0.15) is 52.4 Å². The lowest BCUT2D eigenvalue weighted by Crippen LogP contribution is -2.65. The van der Waals surface area contributed by atoms with Gasteiger partial charge in [-0.05, 0) is 57.3 Å². The zero-order valence-corrected chi connectivity index (χ0v) is 25.4. The molecule has 0 aromatic rings. The maximum atomic E-state index is 14.1. The molecule has 0 aromatic carbocycles. The van der Waals surface area contributed by atoms with Crippen LogP contribution in [-0.4, -0.2) is 89.8 Å². The molecule has 1 N–H and O–H groups in total. The van der Waals surface area contributed by atoms with E-state index >= 15 is 0 Å². The van der Waals surface area contributed by atoms with Gasteiger partial charge in [0, 0.05) is 24.7 Å². The number of likely N-dealkylation sites (tertiary alicyclic amines) is 1. The Morgan fingerprint density at radius 3 is 2.22 bits per heavy atom. The molecular weight excluding hydrogens is 653 g/mol. The molecule has 2 amide bonds. The van der Waals surface area contributed by atoms with Crippen molar-refractivity contribution in [2.45, 2.75) is 87.3 Å². The molecule has 2 aliphatic heterocycles. The number of carbonyl (C=O) groups excluding carboxylic acids is 4. The molecule has 6 saturated carbocycles. The summed E-state index contributed by atoms with van der Waals surface area (Å²) in [6.45, 7) is -0.642. The van der Waals surface area contributed by atoms with Crippen LogP contribution in [-0.2, 0) is 48.2 Å². The summed E-state index contributed by atoms with van der Waals surface area (Å²) in [6.07, 6.45) is -4.16. The Labute approximate surface area is 259 Å². The third kappa shape index (κ3) is 4.20. The molecule has 46 heavy (non-hydrogen) atoms. The summed E-state index contributed by atoms with van der Waals surface area (Å²) < 4.78 is 122. The van der Waals surface area contributed by atoms with Crippen molar-refractivity contribution < 1.29 is 73.0 Å². The summed E-state index contributed by atoms with van der Waals surface area (Å²) in [5, 5.41) is -4.82. The molecule has 0 aromatic heterocycles. The molecule has 18 heteroatoms. The third-order valence-electron chi connectivity index (χ3n) is 11.8. The number of nitrogens with zero attached hydrogens (tertiary/aromatic N) is 1. The predicted molar refractivity (Wildman–Crippen MR) is 137 cm³/mol. The van der Waals surface area contributed by atoms with Gasteiger partial charge in [0.1, 0.15) is 6.10 Å². The number of imide groups is 1. The molecule has 12 nitrogen and oxygen atoms in total. The molecule has 1 spiro atoms. The maximum Gasteiger partial charge on any atom is 0.419 e. The predicted octanol–water partition coefficient (Wildman–Crippen LogP) is 2.45. The molecule has 6 aliphatic carbocycles. The maximum absolute atomic E-state index is 14.1. The number of rotatable bonds is 6. The van der Waals surface area contributed by atoms with Crippen molar-refractivity contribution in [3.63, 3.8) is 0 Å². The minimum atomic E-state index is -5.92. The van der Waals surface area contributed by atoms with Gasteiger partial charge in [0.2, 0.25) is 11.8 Å². The summed E-state index contributed by atoms with van der Waals surface area (Å²) >= 11 is 0. The van der Waals surface area contributed by atoms with Gasteiger partial charge in [-0.15, -0.1) is 0 Å². The standard InChI is InChI=1S/C28H32F5NO11S/c1-11(35)34-19-15-5-16(18(17(15)21(34)36)22(37)42-10-26(29,30)46(39,40)41)20(19)44-23(38)25-6-12-3-13(7-25)27(14(4-12)8-25)43-9-24(2,45-27)28(31,32)33/h12-20H,3-10H2,1-2H3,(H,39,40,41). The summed E-state index contributed by atoms with van der Waals surface area (Å²) in [5.74, 6) is -10.3. The number of ether oxygens (including phenoxy) is 4. The van der Waals surface area contributed by atoms with E-state index in [0.29, 0.717) is 19.3 Å². The first kappa shape index (κ1) is 32.1. The fourth-order valence-electron chi connectivity index (χ4n) is 10.1. The number of hydrogen-bond donors (Lipinski definition) is 1. The van der Waals surface area contributed by atoms with E-state index in [2.05, 4.69) is 4.74 Å². The summed E-state index contributed by atoms with van der Waals surface area (Å²) in [5.41, 5.74) is -3.63. The Balaban J connectivity index is 1.13. The van der Waals surface area contributed by atoms with Crippen LogP contribution < -0.4 is 0 Å². The van der Waals surface area contributed by atoms with E-state index in [1.807, 2.05) is 0 Å². The van der Waals surface area contributed by atoms with Crippen LogP contribution in [0.2, 0.25) is 0 Å². The van der Waals surface area contributed by atoms with Crippen LogP contribution in [0.25, 0.3) is 0 Å². The molecule has 2 saturated heterocycles. The summed E-state index contributed by atoms with van der Waals surface area (Å²) in [4.78, 5) is 54.0. The average Bonchev–Trinajstić information content (AvgIpc) is 3.64. The molecular formula is C28H32F5NO11S. The fourth-order valence-corrected chi connectivity index (χ4v) is 10.3. The average molecular weight is 686 g/mol. The second-order valence-electron chi connectivity index (χ2n) is 14.4. The largest absolute Gasteiger partial charge is 0.459 e. The highest BCUT2D eigenvalue weighted by atomic mass is 32.2. The number of halogens is 5. The minimum Gasteiger partial charge on any atom is -0.459 e. The monoisotopic (exact) mass is 685 g/mol. The Bertz CT molecular complexity index is 1500. The van der Waals surface area contributed by atoms with E-state index < -0.39 is 123 Å². The number of alkyl halides is 5. The highest BCUT2D eigenvalue weighted by Gasteiger charge is 2.75. The van der Waals surface area contributed by atoms with Gasteiger partial charge in [-0.3, -0.25) is 28.6 Å². The van der Waals surface area contributed by atoms with Crippen LogP contribution in [0.5, 0.6) is 0 Å². The van der Waals surface area contributed by atoms with Crippen molar-refractivity contribution in [1.82, 2.24) is 4.90 Å². The van der Waals surface area contributed by atoms with Crippen molar-refractivity contribution in [3.05, 3.63) is 0 Å². The van der Waals surface area contributed by atoms with Gasteiger partial charge in [-0.1, -0.05) is 0 Å². The second-order valence-corrected chi connectivity index (χ2v) is 15.9. The quantitative estimate of drug-likeness (QED) is 0.248. The Morgan fingerprint density at radius 2 is 1.67 bits per heavy atom. The molecule has 6 bridgehead atoms.